The molecule has 2 aromatic rings. The lowest BCUT2D eigenvalue weighted by atomic mass is 10.1. The maximum Gasteiger partial charge on any atom is 0.147 e. The molecule has 0 bridgehead atoms. The highest BCUT2D eigenvalue weighted by atomic mass is 16.6. The van der Waals surface area contributed by atoms with Crippen molar-refractivity contribution in [3.8, 4) is 0 Å². The van der Waals surface area contributed by atoms with Crippen LogP contribution >= 0.6 is 0 Å². The van der Waals surface area contributed by atoms with Crippen molar-refractivity contribution >= 4 is 16.9 Å². The Bertz CT molecular complexity index is 699. The van der Waals surface area contributed by atoms with Gasteiger partial charge in [0, 0.05) is 19.2 Å². The topological polar surface area (TPSA) is 101 Å². The summed E-state index contributed by atoms with van der Waals surface area (Å²) in [6.45, 7) is 6.69. The van der Waals surface area contributed by atoms with E-state index in [4.69, 9.17) is 20.9 Å². The lowest BCUT2D eigenvalue weighted by molar-refractivity contribution is -0.0330. The van der Waals surface area contributed by atoms with Crippen molar-refractivity contribution in [3.63, 3.8) is 0 Å². The first-order chi connectivity index (χ1) is 11.2. The van der Waals surface area contributed by atoms with Crippen LogP contribution in [-0.4, -0.2) is 33.3 Å². The maximum absolute atomic E-state index is 6.17. The van der Waals surface area contributed by atoms with Gasteiger partial charge in [0.15, 0.2) is 0 Å². The minimum absolute atomic E-state index is 0.0426. The number of aromatic nitrogens is 3. The number of hydrogen-bond acceptors (Lipinski definition) is 6. The Morgan fingerprint density at radius 1 is 1.52 bits per heavy atom. The maximum atomic E-state index is 6.17. The van der Waals surface area contributed by atoms with Gasteiger partial charge < -0.3 is 25.5 Å². The van der Waals surface area contributed by atoms with Crippen LogP contribution in [0.25, 0.3) is 11.0 Å². The average Bonchev–Trinajstić information content (AvgIpc) is 3.14. The van der Waals surface area contributed by atoms with Gasteiger partial charge in [0.1, 0.15) is 24.0 Å². The molecule has 0 saturated carbocycles. The zero-order valence-electron chi connectivity index (χ0n) is 13.3. The lowest BCUT2D eigenvalue weighted by Crippen LogP contribution is -2.23. The van der Waals surface area contributed by atoms with E-state index in [1.165, 1.54) is 6.33 Å². The zero-order chi connectivity index (χ0) is 16.4. The lowest BCUT2D eigenvalue weighted by Gasteiger charge is -2.16. The van der Waals surface area contributed by atoms with Crippen molar-refractivity contribution in [1.82, 2.24) is 14.5 Å². The van der Waals surface area contributed by atoms with Gasteiger partial charge >= 0.3 is 0 Å². The molecule has 124 valence electrons. The van der Waals surface area contributed by atoms with E-state index in [1.54, 1.807) is 6.08 Å². The van der Waals surface area contributed by atoms with Gasteiger partial charge in [0.05, 0.1) is 24.2 Å². The Morgan fingerprint density at radius 3 is 3.04 bits per heavy atom. The third kappa shape index (κ3) is 2.83. The third-order valence-corrected chi connectivity index (χ3v) is 4.26. The van der Waals surface area contributed by atoms with Crippen molar-refractivity contribution in [3.05, 3.63) is 30.7 Å². The number of nitrogen functional groups attached to an aromatic ring is 1. The van der Waals surface area contributed by atoms with Crippen LogP contribution in [0.1, 0.15) is 31.6 Å². The van der Waals surface area contributed by atoms with Gasteiger partial charge in [0.2, 0.25) is 0 Å². The molecule has 3 rings (SSSR count). The largest absolute Gasteiger partial charge is 0.383 e. The molecule has 1 saturated heterocycles. The Labute approximate surface area is 135 Å². The predicted octanol–water partition coefficient (Wildman–Crippen LogP) is 1.74. The molecular formula is C16H23N5O2. The third-order valence-electron chi connectivity index (χ3n) is 4.26. The molecule has 0 amide bonds. The van der Waals surface area contributed by atoms with Gasteiger partial charge in [0.25, 0.3) is 0 Å². The van der Waals surface area contributed by atoms with Gasteiger partial charge in [-0.2, -0.15) is 0 Å². The van der Waals surface area contributed by atoms with Crippen LogP contribution in [-0.2, 0) is 16.0 Å². The molecule has 7 nitrogen and oxygen atoms in total. The molecule has 1 aliphatic heterocycles. The van der Waals surface area contributed by atoms with Crippen LogP contribution in [0.5, 0.6) is 0 Å². The van der Waals surface area contributed by atoms with E-state index in [0.29, 0.717) is 19.0 Å². The average molecular weight is 317 g/mol. The molecule has 0 spiro atoms. The normalized spacial score (nSPS) is 24.3. The SMILES string of the molecule is C=CCOC1CC(n2cc(CN)c3c(N)ncnc32)OC1CC. The van der Waals surface area contributed by atoms with Crippen LogP contribution in [0.2, 0.25) is 0 Å². The van der Waals surface area contributed by atoms with Gasteiger partial charge in [-0.05, 0) is 12.0 Å². The summed E-state index contributed by atoms with van der Waals surface area (Å²) in [5.74, 6) is 0.443. The summed E-state index contributed by atoms with van der Waals surface area (Å²) in [6.07, 6.45) is 6.77. The Hall–Kier alpha value is -1.96. The first-order valence-electron chi connectivity index (χ1n) is 7.87. The standard InChI is InChI=1S/C16H23N5O2/c1-3-5-22-12-6-13(23-11(12)4-2)21-8-10(7-17)14-15(18)19-9-20-16(14)21/h3,8-9,11-13H,1,4-7,17H2,2H3,(H2,18,19,20). The molecule has 7 heteroatoms. The molecule has 23 heavy (non-hydrogen) atoms. The minimum atomic E-state index is -0.146. The van der Waals surface area contributed by atoms with Gasteiger partial charge in [-0.1, -0.05) is 13.0 Å². The van der Waals surface area contributed by atoms with Crippen LogP contribution in [0.3, 0.4) is 0 Å². The van der Waals surface area contributed by atoms with Crippen LogP contribution in [0.15, 0.2) is 25.2 Å². The summed E-state index contributed by atoms with van der Waals surface area (Å²) in [5, 5.41) is 0.808. The van der Waals surface area contributed by atoms with Crippen LogP contribution in [0.4, 0.5) is 5.82 Å². The summed E-state index contributed by atoms with van der Waals surface area (Å²) >= 11 is 0. The predicted molar refractivity (Wildman–Crippen MR) is 88.6 cm³/mol. The zero-order valence-corrected chi connectivity index (χ0v) is 13.3. The highest BCUT2D eigenvalue weighted by Gasteiger charge is 2.36. The summed E-state index contributed by atoms with van der Waals surface area (Å²) in [5.41, 5.74) is 13.5. The number of rotatable bonds is 6. The second-order valence-corrected chi connectivity index (χ2v) is 5.66. The fourth-order valence-electron chi connectivity index (χ4n) is 3.16. The number of ether oxygens (including phenoxy) is 2. The molecule has 1 fully saturated rings. The van der Waals surface area contributed by atoms with E-state index in [0.717, 1.165) is 29.4 Å². The summed E-state index contributed by atoms with van der Waals surface area (Å²) < 4.78 is 14.0. The summed E-state index contributed by atoms with van der Waals surface area (Å²) in [6, 6.07) is 0. The number of nitrogens with two attached hydrogens (primary N) is 2. The number of fused-ring (bicyclic) bond motifs is 1. The molecule has 0 aromatic carbocycles. The Morgan fingerprint density at radius 2 is 2.35 bits per heavy atom. The molecule has 4 N–H and O–H groups in total. The van der Waals surface area contributed by atoms with Gasteiger partial charge in [-0.15, -0.1) is 6.58 Å². The van der Waals surface area contributed by atoms with Gasteiger partial charge in [-0.25, -0.2) is 9.97 Å². The Kier molecular flexibility index (Phi) is 4.61. The minimum Gasteiger partial charge on any atom is -0.383 e. The van der Waals surface area contributed by atoms with E-state index < -0.39 is 0 Å². The summed E-state index contributed by atoms with van der Waals surface area (Å²) in [4.78, 5) is 8.44. The molecule has 0 aliphatic carbocycles. The number of anilines is 1. The molecular weight excluding hydrogens is 294 g/mol. The van der Waals surface area contributed by atoms with E-state index >= 15 is 0 Å². The highest BCUT2D eigenvalue weighted by molar-refractivity contribution is 5.89. The van der Waals surface area contributed by atoms with E-state index in [2.05, 4.69) is 23.5 Å². The second-order valence-electron chi connectivity index (χ2n) is 5.66. The number of hydrogen-bond donors (Lipinski definition) is 2. The first kappa shape index (κ1) is 15.9. The molecule has 3 unspecified atom stereocenters. The first-order valence-corrected chi connectivity index (χ1v) is 7.87. The fourth-order valence-corrected chi connectivity index (χ4v) is 3.16. The second kappa shape index (κ2) is 6.66. The quantitative estimate of drug-likeness (QED) is 0.787. The van der Waals surface area contributed by atoms with Crippen LogP contribution in [0, 0.1) is 0 Å². The highest BCUT2D eigenvalue weighted by Crippen LogP contribution is 2.36. The molecule has 2 aromatic heterocycles. The van der Waals surface area contributed by atoms with Gasteiger partial charge in [-0.3, -0.25) is 0 Å². The van der Waals surface area contributed by atoms with Crippen molar-refractivity contribution in [1.29, 1.82) is 0 Å². The van der Waals surface area contributed by atoms with Crippen LogP contribution < -0.4 is 11.5 Å². The summed E-state index contributed by atoms with van der Waals surface area (Å²) in [7, 11) is 0. The van der Waals surface area contributed by atoms with E-state index in [-0.39, 0.29) is 18.4 Å². The smallest absolute Gasteiger partial charge is 0.147 e. The number of nitrogens with zero attached hydrogens (tertiary/aromatic N) is 3. The van der Waals surface area contributed by atoms with Crippen molar-refractivity contribution in [2.24, 2.45) is 5.73 Å². The molecule has 3 heterocycles. The van der Waals surface area contributed by atoms with E-state index in [1.807, 2.05) is 10.8 Å². The van der Waals surface area contributed by atoms with Crippen molar-refractivity contribution in [2.75, 3.05) is 12.3 Å². The monoisotopic (exact) mass is 317 g/mol. The molecule has 1 aliphatic rings. The molecule has 0 radical (unpaired) electrons. The van der Waals surface area contributed by atoms with Crippen molar-refractivity contribution in [2.45, 2.75) is 44.7 Å². The Balaban J connectivity index is 1.94. The van der Waals surface area contributed by atoms with Crippen molar-refractivity contribution < 1.29 is 9.47 Å². The fraction of sp³-hybridized carbons (Fsp3) is 0.500. The van der Waals surface area contributed by atoms with E-state index in [9.17, 15) is 0 Å². The molecule has 3 atom stereocenters.